The van der Waals surface area contributed by atoms with E-state index < -0.39 is 39.7 Å². The number of nitrogens with one attached hydrogen (secondary N) is 1. The maximum absolute atomic E-state index is 14.7. The fourth-order valence-corrected chi connectivity index (χ4v) is 10.8. The minimum absolute atomic E-state index is 0.0130. The zero-order valence-electron chi connectivity index (χ0n) is 40.4. The second kappa shape index (κ2) is 23.8. The molecule has 0 bridgehead atoms. The van der Waals surface area contributed by atoms with E-state index in [2.05, 4.69) is 46.9 Å². The fraction of sp³-hybridized carbons (Fsp3) is 0.339. The number of ether oxygens (including phenoxy) is 1. The summed E-state index contributed by atoms with van der Waals surface area (Å²) in [6.07, 6.45) is -0.533. The minimum atomic E-state index is -4.11. The van der Waals surface area contributed by atoms with Crippen molar-refractivity contribution in [2.24, 2.45) is 17.0 Å². The first-order valence-electron chi connectivity index (χ1n) is 24.1. The molecule has 1 saturated heterocycles. The first-order chi connectivity index (χ1) is 33.8. The molecule has 1 aromatic heterocycles. The van der Waals surface area contributed by atoms with Gasteiger partial charge in [0.05, 0.1) is 41.6 Å². The van der Waals surface area contributed by atoms with Gasteiger partial charge in [0.2, 0.25) is 15.9 Å². The van der Waals surface area contributed by atoms with E-state index in [1.807, 2.05) is 131 Å². The number of sulfonamides is 1. The first kappa shape index (κ1) is 51.3. The van der Waals surface area contributed by atoms with Gasteiger partial charge in [-0.15, -0.1) is 0 Å². The second-order valence-electron chi connectivity index (χ2n) is 18.4. The molecule has 0 saturated carbocycles. The Hall–Kier alpha value is -6.58. The Morgan fingerprint density at radius 3 is 1.86 bits per heavy atom. The van der Waals surface area contributed by atoms with E-state index in [-0.39, 0.29) is 62.0 Å². The highest BCUT2D eigenvalue weighted by molar-refractivity contribution is 7.89. The minimum Gasteiger partial charge on any atom is -0.390 e. The van der Waals surface area contributed by atoms with Gasteiger partial charge in [0.15, 0.2) is 0 Å². The number of hydrogen-bond acceptors (Lipinski definition) is 9. The number of urea groups is 1. The van der Waals surface area contributed by atoms with Gasteiger partial charge in [0.1, 0.15) is 18.2 Å². The van der Waals surface area contributed by atoms with Crippen molar-refractivity contribution in [3.63, 3.8) is 0 Å². The molecule has 0 aliphatic carbocycles. The molecule has 4 atom stereocenters. The average Bonchev–Trinajstić information content (AvgIpc) is 3.72. The number of aromatic nitrogens is 1. The molecule has 2 N–H and O–H groups in total. The number of amides is 3. The summed E-state index contributed by atoms with van der Waals surface area (Å²) in [6, 6.07) is 49.4. The zero-order valence-corrected chi connectivity index (χ0v) is 41.2. The normalized spacial score (nSPS) is 14.9. The van der Waals surface area contributed by atoms with Crippen LogP contribution in [0.1, 0.15) is 73.3 Å². The molecule has 0 unspecified atom stereocenters. The van der Waals surface area contributed by atoms with Crippen LogP contribution in [0.15, 0.2) is 174 Å². The van der Waals surface area contributed by atoms with Gasteiger partial charge in [0.25, 0.3) is 0 Å². The van der Waals surface area contributed by atoms with Crippen molar-refractivity contribution in [1.29, 1.82) is 0 Å². The van der Waals surface area contributed by atoms with E-state index in [0.717, 1.165) is 22.3 Å². The Morgan fingerprint density at radius 1 is 0.757 bits per heavy atom. The van der Waals surface area contributed by atoms with Crippen LogP contribution in [0.4, 0.5) is 4.79 Å². The SMILES string of the molecule is CC[C@H](C)[C@@H](C(=O)N[C@@H](Cc1ccccc1)[C@H](O)CN(CC(C)C)S(=O)(=O)c1ccc(CN=O)cc1)N1CCN(Cc2cccc(COC(c3ccccc3)(c3ccccc3)c3ccccc3)n2)C1=O. The molecule has 0 spiro atoms. The van der Waals surface area contributed by atoms with Gasteiger partial charge in [-0.2, -0.15) is 9.21 Å². The summed E-state index contributed by atoms with van der Waals surface area (Å²) >= 11 is 0. The molecule has 14 heteroatoms. The summed E-state index contributed by atoms with van der Waals surface area (Å²) in [5, 5.41) is 18.0. The molecule has 13 nitrogen and oxygen atoms in total. The second-order valence-corrected chi connectivity index (χ2v) is 20.4. The van der Waals surface area contributed by atoms with E-state index in [9.17, 15) is 28.0 Å². The molecule has 366 valence electrons. The number of carbonyl (C=O) groups excluding carboxylic acids is 2. The Balaban J connectivity index is 1.09. The fourth-order valence-electron chi connectivity index (χ4n) is 9.20. The molecule has 0 radical (unpaired) electrons. The van der Waals surface area contributed by atoms with Crippen molar-refractivity contribution < 1.29 is 27.9 Å². The van der Waals surface area contributed by atoms with E-state index in [1.165, 1.54) is 16.4 Å². The number of nitrogens with zero attached hydrogens (tertiary/aromatic N) is 5. The standard InChI is InChI=1S/C56H64N6O7S/c1-5-42(4)53(54(64)59-51(35-43-19-10-6-11-20-43)52(63)39-61(37-41(2)3)70(67,68)50-31-29-44(30-32-50)36-57-66)62-34-33-60(55(62)65)38-48-27-18-28-49(58-48)40-69-56(45-21-12-7-13-22-45,46-23-14-8-15-24-46)47-25-16-9-17-26-47/h6-32,41-42,51-53,63H,5,33-40H2,1-4H3,(H,59,64)/t42-,51-,52+,53-/m0/s1. The van der Waals surface area contributed by atoms with Gasteiger partial charge in [0, 0.05) is 26.2 Å². The summed E-state index contributed by atoms with van der Waals surface area (Å²) in [5.41, 5.74) is 4.75. The number of carbonyl (C=O) groups is 2. The van der Waals surface area contributed by atoms with Crippen LogP contribution >= 0.6 is 0 Å². The number of rotatable bonds is 24. The van der Waals surface area contributed by atoms with Gasteiger partial charge in [-0.05, 0) is 70.3 Å². The number of nitroso groups, excluding NO2 is 1. The van der Waals surface area contributed by atoms with Crippen molar-refractivity contribution in [3.8, 4) is 0 Å². The molecule has 6 aromatic rings. The topological polar surface area (TPSA) is 162 Å². The lowest BCUT2D eigenvalue weighted by Crippen LogP contribution is -2.57. The third-order valence-corrected chi connectivity index (χ3v) is 14.8. The number of hydrogen-bond donors (Lipinski definition) is 2. The zero-order chi connectivity index (χ0) is 49.7. The number of aliphatic hydroxyl groups is 1. The quantitative estimate of drug-likeness (QED) is 0.0449. The molecule has 3 amide bonds. The highest BCUT2D eigenvalue weighted by Crippen LogP contribution is 2.41. The smallest absolute Gasteiger partial charge is 0.321 e. The molecular weight excluding hydrogens is 901 g/mol. The maximum atomic E-state index is 14.7. The van der Waals surface area contributed by atoms with E-state index in [1.54, 1.807) is 21.9 Å². The Labute approximate surface area is 412 Å². The van der Waals surface area contributed by atoms with Gasteiger partial charge in [-0.1, -0.05) is 179 Å². The van der Waals surface area contributed by atoms with Crippen molar-refractivity contribution in [2.75, 3.05) is 26.2 Å². The molecule has 1 aliphatic heterocycles. The highest BCUT2D eigenvalue weighted by Gasteiger charge is 2.42. The van der Waals surface area contributed by atoms with E-state index >= 15 is 0 Å². The predicted octanol–water partition coefficient (Wildman–Crippen LogP) is 8.94. The Bertz CT molecular complexity index is 2640. The largest absolute Gasteiger partial charge is 0.390 e. The van der Waals surface area contributed by atoms with Gasteiger partial charge in [-0.3, -0.25) is 9.78 Å². The van der Waals surface area contributed by atoms with Crippen molar-refractivity contribution >= 4 is 22.0 Å². The van der Waals surface area contributed by atoms with Gasteiger partial charge >= 0.3 is 6.03 Å². The number of benzene rings is 5. The van der Waals surface area contributed by atoms with Crippen molar-refractivity contribution in [1.82, 2.24) is 24.4 Å². The summed E-state index contributed by atoms with van der Waals surface area (Å²) < 4.78 is 36.5. The van der Waals surface area contributed by atoms with Crippen LogP contribution in [0.5, 0.6) is 0 Å². The van der Waals surface area contributed by atoms with Crippen LogP contribution in [0.25, 0.3) is 0 Å². The molecule has 5 aromatic carbocycles. The molecule has 7 rings (SSSR count). The first-order valence-corrected chi connectivity index (χ1v) is 25.5. The summed E-state index contributed by atoms with van der Waals surface area (Å²) in [7, 11) is -4.11. The summed E-state index contributed by atoms with van der Waals surface area (Å²) in [6.45, 7) is 8.45. The molecule has 1 aliphatic rings. The van der Waals surface area contributed by atoms with Crippen molar-refractivity contribution in [3.05, 3.63) is 208 Å². The summed E-state index contributed by atoms with van der Waals surface area (Å²) in [4.78, 5) is 48.3. The summed E-state index contributed by atoms with van der Waals surface area (Å²) in [5.74, 6) is -0.782. The molecule has 2 heterocycles. The predicted molar refractivity (Wildman–Crippen MR) is 272 cm³/mol. The van der Waals surface area contributed by atoms with Crippen LogP contribution in [0, 0.1) is 16.7 Å². The van der Waals surface area contributed by atoms with Crippen LogP contribution in [0.2, 0.25) is 0 Å². The van der Waals surface area contributed by atoms with E-state index in [4.69, 9.17) is 9.72 Å². The molecule has 70 heavy (non-hydrogen) atoms. The van der Waals surface area contributed by atoms with Gasteiger partial charge < -0.3 is 25.0 Å². The average molecular weight is 965 g/mol. The van der Waals surface area contributed by atoms with Gasteiger partial charge in [-0.25, -0.2) is 13.2 Å². The van der Waals surface area contributed by atoms with Crippen LogP contribution in [0.3, 0.4) is 0 Å². The van der Waals surface area contributed by atoms with E-state index in [0.29, 0.717) is 36.5 Å². The number of pyridine rings is 1. The lowest BCUT2D eigenvalue weighted by molar-refractivity contribution is -0.128. The monoisotopic (exact) mass is 964 g/mol. The lowest BCUT2D eigenvalue weighted by Gasteiger charge is -2.36. The Kier molecular flexibility index (Phi) is 17.5. The van der Waals surface area contributed by atoms with Crippen LogP contribution < -0.4 is 5.32 Å². The highest BCUT2D eigenvalue weighted by atomic mass is 32.2. The lowest BCUT2D eigenvalue weighted by atomic mass is 9.80. The van der Waals surface area contributed by atoms with Crippen LogP contribution in [-0.4, -0.2) is 88.9 Å². The Morgan fingerprint density at radius 2 is 1.31 bits per heavy atom. The third-order valence-electron chi connectivity index (χ3n) is 13.0. The molecular formula is C56H64N6O7S. The maximum Gasteiger partial charge on any atom is 0.321 e. The van der Waals surface area contributed by atoms with Crippen LogP contribution in [-0.2, 0) is 51.3 Å². The number of aliphatic hydroxyl groups excluding tert-OH is 1. The molecule has 1 fully saturated rings. The third kappa shape index (κ3) is 12.2. The van der Waals surface area contributed by atoms with Crippen molar-refractivity contribution in [2.45, 2.75) is 88.9 Å².